The van der Waals surface area contributed by atoms with E-state index in [9.17, 15) is 0 Å². The first kappa shape index (κ1) is 15.8. The molecule has 0 aliphatic carbocycles. The average Bonchev–Trinajstić information content (AvgIpc) is 2.40. The SMILES string of the molecule is CCOCCN(CCOCC)c1cc(N)ccc1C. The molecular formula is C15H26N2O2. The van der Waals surface area contributed by atoms with Crippen LogP contribution in [-0.2, 0) is 9.47 Å². The van der Waals surface area contributed by atoms with Gasteiger partial charge in [0.15, 0.2) is 0 Å². The van der Waals surface area contributed by atoms with Crippen molar-refractivity contribution in [1.29, 1.82) is 0 Å². The highest BCUT2D eigenvalue weighted by molar-refractivity contribution is 5.60. The van der Waals surface area contributed by atoms with E-state index in [-0.39, 0.29) is 0 Å². The summed E-state index contributed by atoms with van der Waals surface area (Å²) in [5.41, 5.74) is 9.07. The highest BCUT2D eigenvalue weighted by Gasteiger charge is 2.09. The monoisotopic (exact) mass is 266 g/mol. The van der Waals surface area contributed by atoms with Crippen molar-refractivity contribution in [2.24, 2.45) is 0 Å². The molecule has 19 heavy (non-hydrogen) atoms. The molecule has 0 amide bonds. The summed E-state index contributed by atoms with van der Waals surface area (Å²) in [4.78, 5) is 2.27. The van der Waals surface area contributed by atoms with Gasteiger partial charge < -0.3 is 20.1 Å². The predicted molar refractivity (Wildman–Crippen MR) is 80.8 cm³/mol. The van der Waals surface area contributed by atoms with Crippen LogP contribution in [0.25, 0.3) is 0 Å². The lowest BCUT2D eigenvalue weighted by atomic mass is 10.1. The Morgan fingerprint density at radius 1 is 1.05 bits per heavy atom. The number of ether oxygens (including phenoxy) is 2. The lowest BCUT2D eigenvalue weighted by Gasteiger charge is -2.26. The number of nitrogens with zero attached hydrogens (tertiary/aromatic N) is 1. The van der Waals surface area contributed by atoms with Crippen molar-refractivity contribution in [3.63, 3.8) is 0 Å². The van der Waals surface area contributed by atoms with E-state index in [0.29, 0.717) is 0 Å². The van der Waals surface area contributed by atoms with Gasteiger partial charge >= 0.3 is 0 Å². The second-order valence-corrected chi connectivity index (χ2v) is 4.43. The molecule has 4 heteroatoms. The molecule has 2 N–H and O–H groups in total. The van der Waals surface area contributed by atoms with Gasteiger partial charge in [0.05, 0.1) is 13.2 Å². The van der Waals surface area contributed by atoms with Crippen molar-refractivity contribution in [2.75, 3.05) is 50.2 Å². The Bertz CT molecular complexity index is 359. The van der Waals surface area contributed by atoms with E-state index in [2.05, 4.69) is 17.9 Å². The second-order valence-electron chi connectivity index (χ2n) is 4.43. The van der Waals surface area contributed by atoms with Crippen molar-refractivity contribution < 1.29 is 9.47 Å². The van der Waals surface area contributed by atoms with Gasteiger partial charge in [-0.1, -0.05) is 6.07 Å². The molecule has 1 aromatic carbocycles. The number of hydrogen-bond donors (Lipinski definition) is 1. The fourth-order valence-electron chi connectivity index (χ4n) is 1.96. The van der Waals surface area contributed by atoms with E-state index in [1.165, 1.54) is 11.3 Å². The largest absolute Gasteiger partial charge is 0.399 e. The number of nitrogens with two attached hydrogens (primary N) is 1. The first-order valence-electron chi connectivity index (χ1n) is 6.95. The molecule has 0 saturated carbocycles. The van der Waals surface area contributed by atoms with Gasteiger partial charge in [-0.05, 0) is 38.5 Å². The highest BCUT2D eigenvalue weighted by Crippen LogP contribution is 2.22. The van der Waals surface area contributed by atoms with Crippen molar-refractivity contribution in [3.8, 4) is 0 Å². The van der Waals surface area contributed by atoms with Gasteiger partial charge in [0.2, 0.25) is 0 Å². The standard InChI is InChI=1S/C15H26N2O2/c1-4-18-10-8-17(9-11-19-5-2)15-12-14(16)7-6-13(15)3/h6-7,12H,4-5,8-11,16H2,1-3H3. The molecule has 0 saturated heterocycles. The molecule has 0 aromatic heterocycles. The Kier molecular flexibility index (Phi) is 7.30. The van der Waals surface area contributed by atoms with E-state index in [1.807, 2.05) is 26.0 Å². The van der Waals surface area contributed by atoms with Gasteiger partial charge in [0.1, 0.15) is 0 Å². The normalized spacial score (nSPS) is 10.7. The second kappa shape index (κ2) is 8.77. The average molecular weight is 266 g/mol. The van der Waals surface area contributed by atoms with Crippen LogP contribution in [0.2, 0.25) is 0 Å². The predicted octanol–water partition coefficient (Wildman–Crippen LogP) is 2.46. The van der Waals surface area contributed by atoms with Crippen molar-refractivity contribution >= 4 is 11.4 Å². The van der Waals surface area contributed by atoms with E-state index in [0.717, 1.165) is 45.2 Å². The fraction of sp³-hybridized carbons (Fsp3) is 0.600. The van der Waals surface area contributed by atoms with Crippen LogP contribution in [-0.4, -0.2) is 39.5 Å². The number of hydrogen-bond acceptors (Lipinski definition) is 4. The van der Waals surface area contributed by atoms with E-state index in [1.54, 1.807) is 0 Å². The smallest absolute Gasteiger partial charge is 0.0641 e. The maximum atomic E-state index is 5.89. The topological polar surface area (TPSA) is 47.7 Å². The molecule has 4 nitrogen and oxygen atoms in total. The van der Waals surface area contributed by atoms with Crippen LogP contribution >= 0.6 is 0 Å². The zero-order valence-electron chi connectivity index (χ0n) is 12.3. The molecular weight excluding hydrogens is 240 g/mol. The summed E-state index contributed by atoms with van der Waals surface area (Å²) in [6, 6.07) is 6.01. The third-order valence-electron chi connectivity index (χ3n) is 2.99. The van der Waals surface area contributed by atoms with Crippen LogP contribution in [0.1, 0.15) is 19.4 Å². The molecule has 0 spiro atoms. The molecule has 0 bridgehead atoms. The molecule has 0 unspecified atom stereocenters. The minimum absolute atomic E-state index is 0.719. The van der Waals surface area contributed by atoms with Crippen LogP contribution in [0.5, 0.6) is 0 Å². The molecule has 0 fully saturated rings. The lowest BCUT2D eigenvalue weighted by molar-refractivity contribution is 0.141. The minimum Gasteiger partial charge on any atom is -0.399 e. The van der Waals surface area contributed by atoms with Gasteiger partial charge in [-0.25, -0.2) is 0 Å². The van der Waals surface area contributed by atoms with Gasteiger partial charge in [0.25, 0.3) is 0 Å². The van der Waals surface area contributed by atoms with Crippen LogP contribution in [0, 0.1) is 6.92 Å². The summed E-state index contributed by atoms with van der Waals surface area (Å²) < 4.78 is 10.9. The first-order chi connectivity index (χ1) is 9.19. The third-order valence-corrected chi connectivity index (χ3v) is 2.99. The lowest BCUT2D eigenvalue weighted by Crippen LogP contribution is -2.31. The maximum Gasteiger partial charge on any atom is 0.0641 e. The summed E-state index contributed by atoms with van der Waals surface area (Å²) in [5.74, 6) is 0. The molecule has 0 radical (unpaired) electrons. The zero-order chi connectivity index (χ0) is 14.1. The number of benzene rings is 1. The Labute approximate surface area is 116 Å². The van der Waals surface area contributed by atoms with E-state index in [4.69, 9.17) is 15.2 Å². The molecule has 0 heterocycles. The Balaban J connectivity index is 2.72. The number of nitrogen functional groups attached to an aromatic ring is 1. The first-order valence-corrected chi connectivity index (χ1v) is 6.95. The quantitative estimate of drug-likeness (QED) is 0.551. The zero-order valence-corrected chi connectivity index (χ0v) is 12.3. The molecule has 0 atom stereocenters. The van der Waals surface area contributed by atoms with Gasteiger partial charge in [0, 0.05) is 37.7 Å². The molecule has 1 rings (SSSR count). The van der Waals surface area contributed by atoms with Crippen molar-refractivity contribution in [2.45, 2.75) is 20.8 Å². The Morgan fingerprint density at radius 2 is 1.63 bits per heavy atom. The fourth-order valence-corrected chi connectivity index (χ4v) is 1.96. The van der Waals surface area contributed by atoms with Crippen LogP contribution in [0.4, 0.5) is 11.4 Å². The molecule has 0 aliphatic heterocycles. The highest BCUT2D eigenvalue weighted by atomic mass is 16.5. The summed E-state index contributed by atoms with van der Waals surface area (Å²) in [6.07, 6.45) is 0. The van der Waals surface area contributed by atoms with Crippen LogP contribution < -0.4 is 10.6 Å². The van der Waals surface area contributed by atoms with Gasteiger partial charge in [-0.15, -0.1) is 0 Å². The van der Waals surface area contributed by atoms with Gasteiger partial charge in [-0.3, -0.25) is 0 Å². The number of anilines is 2. The molecule has 1 aromatic rings. The summed E-state index contributed by atoms with van der Waals surface area (Å²) in [7, 11) is 0. The van der Waals surface area contributed by atoms with Crippen molar-refractivity contribution in [1.82, 2.24) is 0 Å². The third kappa shape index (κ3) is 5.49. The van der Waals surface area contributed by atoms with Crippen LogP contribution in [0.15, 0.2) is 18.2 Å². The Hall–Kier alpha value is -1.26. The van der Waals surface area contributed by atoms with E-state index >= 15 is 0 Å². The number of rotatable bonds is 9. The summed E-state index contributed by atoms with van der Waals surface area (Å²) in [6.45, 7) is 10.8. The number of aryl methyl sites for hydroxylation is 1. The Morgan fingerprint density at radius 3 is 2.16 bits per heavy atom. The summed E-state index contributed by atoms with van der Waals surface area (Å²) >= 11 is 0. The van der Waals surface area contributed by atoms with Gasteiger partial charge in [-0.2, -0.15) is 0 Å². The van der Waals surface area contributed by atoms with E-state index < -0.39 is 0 Å². The maximum absolute atomic E-state index is 5.89. The molecule has 108 valence electrons. The molecule has 0 aliphatic rings. The minimum atomic E-state index is 0.719. The summed E-state index contributed by atoms with van der Waals surface area (Å²) in [5, 5.41) is 0. The van der Waals surface area contributed by atoms with Crippen molar-refractivity contribution in [3.05, 3.63) is 23.8 Å². The van der Waals surface area contributed by atoms with Crippen LogP contribution in [0.3, 0.4) is 0 Å².